The smallest absolute Gasteiger partial charge is 0.265 e. The molecular formula is C8H8N4O2. The number of hydrogen-bond acceptors (Lipinski definition) is 5. The molecule has 72 valence electrons. The predicted molar refractivity (Wildman–Crippen MR) is 48.4 cm³/mol. The number of rotatable bonds is 0. The third-order valence-electron chi connectivity index (χ3n) is 2.32. The van der Waals surface area contributed by atoms with Crippen molar-refractivity contribution >= 4 is 17.4 Å². The first-order valence-corrected chi connectivity index (χ1v) is 4.38. The number of nitrogens with one attached hydrogen (secondary N) is 1. The van der Waals surface area contributed by atoms with Crippen molar-refractivity contribution in [3.05, 3.63) is 6.33 Å². The molecule has 0 aromatic carbocycles. The number of ether oxygens (including phenoxy) is 1. The second-order valence-electron chi connectivity index (χ2n) is 3.14. The van der Waals surface area contributed by atoms with Gasteiger partial charge in [-0.2, -0.15) is 4.98 Å². The highest BCUT2D eigenvalue weighted by Gasteiger charge is 2.32. The maximum absolute atomic E-state index is 11.5. The molecule has 0 bridgehead atoms. The molecule has 14 heavy (non-hydrogen) atoms. The summed E-state index contributed by atoms with van der Waals surface area (Å²) in [5.74, 6) is 1.13. The van der Waals surface area contributed by atoms with Crippen molar-refractivity contribution in [3.8, 4) is 5.88 Å². The molecule has 6 nitrogen and oxygen atoms in total. The van der Waals surface area contributed by atoms with Gasteiger partial charge in [0.1, 0.15) is 12.0 Å². The first-order valence-electron chi connectivity index (χ1n) is 4.38. The molecule has 3 heterocycles. The Kier molecular flexibility index (Phi) is 1.38. The lowest BCUT2D eigenvalue weighted by molar-refractivity contribution is -0.121. The van der Waals surface area contributed by atoms with E-state index in [0.29, 0.717) is 23.9 Å². The molecule has 0 saturated heterocycles. The van der Waals surface area contributed by atoms with E-state index in [0.717, 1.165) is 6.54 Å². The van der Waals surface area contributed by atoms with E-state index < -0.39 is 0 Å². The van der Waals surface area contributed by atoms with Crippen molar-refractivity contribution in [2.45, 2.75) is 0 Å². The van der Waals surface area contributed by atoms with Gasteiger partial charge in [-0.05, 0) is 0 Å². The Labute approximate surface area is 79.9 Å². The lowest BCUT2D eigenvalue weighted by Crippen LogP contribution is -2.44. The first-order chi connectivity index (χ1) is 6.86. The van der Waals surface area contributed by atoms with Crippen LogP contribution < -0.4 is 15.0 Å². The Morgan fingerprint density at radius 1 is 1.50 bits per heavy atom. The fourth-order valence-corrected chi connectivity index (χ4v) is 1.70. The molecule has 3 rings (SSSR count). The van der Waals surface area contributed by atoms with Gasteiger partial charge in [0.2, 0.25) is 5.88 Å². The minimum absolute atomic E-state index is 0.0324. The predicted octanol–water partition coefficient (Wildman–Crippen LogP) is -0.373. The molecule has 0 atom stereocenters. The molecule has 0 unspecified atom stereocenters. The highest BCUT2D eigenvalue weighted by Crippen LogP contribution is 2.36. The van der Waals surface area contributed by atoms with Crippen LogP contribution in [0.1, 0.15) is 0 Å². The number of nitrogens with zero attached hydrogens (tertiary/aromatic N) is 3. The van der Waals surface area contributed by atoms with Crippen LogP contribution in [0.25, 0.3) is 0 Å². The lowest BCUT2D eigenvalue weighted by Gasteiger charge is -2.33. The van der Waals surface area contributed by atoms with Gasteiger partial charge in [-0.1, -0.05) is 0 Å². The molecule has 1 N–H and O–H groups in total. The van der Waals surface area contributed by atoms with Gasteiger partial charge >= 0.3 is 0 Å². The standard InChI is InChI=1S/C8H8N4O2/c13-5-3-14-8-6-7(10-4-11-8)9-1-2-12(5)6/h4H,1-3H2,(H,9,10,11). The number of carbonyl (C=O) groups is 1. The molecule has 0 spiro atoms. The Morgan fingerprint density at radius 2 is 2.43 bits per heavy atom. The molecule has 1 aromatic rings. The summed E-state index contributed by atoms with van der Waals surface area (Å²) in [6, 6.07) is 0. The summed E-state index contributed by atoms with van der Waals surface area (Å²) in [4.78, 5) is 21.2. The van der Waals surface area contributed by atoms with Crippen molar-refractivity contribution < 1.29 is 9.53 Å². The zero-order chi connectivity index (χ0) is 9.54. The van der Waals surface area contributed by atoms with Gasteiger partial charge in [0, 0.05) is 13.1 Å². The van der Waals surface area contributed by atoms with Crippen molar-refractivity contribution in [1.29, 1.82) is 0 Å². The number of hydrogen-bond donors (Lipinski definition) is 1. The van der Waals surface area contributed by atoms with E-state index in [9.17, 15) is 4.79 Å². The van der Waals surface area contributed by atoms with Gasteiger partial charge in [-0.15, -0.1) is 0 Å². The van der Waals surface area contributed by atoms with E-state index in [1.165, 1.54) is 6.33 Å². The summed E-state index contributed by atoms with van der Waals surface area (Å²) in [5.41, 5.74) is 0.676. The number of anilines is 2. The minimum atomic E-state index is -0.0324. The van der Waals surface area contributed by atoms with Crippen LogP contribution in [0.15, 0.2) is 6.33 Å². The summed E-state index contributed by atoms with van der Waals surface area (Å²) in [7, 11) is 0. The monoisotopic (exact) mass is 192 g/mol. The van der Waals surface area contributed by atoms with Crippen molar-refractivity contribution in [3.63, 3.8) is 0 Å². The molecule has 1 aromatic heterocycles. The van der Waals surface area contributed by atoms with Crippen LogP contribution in [0.2, 0.25) is 0 Å². The Balaban J connectivity index is 2.21. The van der Waals surface area contributed by atoms with Crippen LogP contribution >= 0.6 is 0 Å². The third-order valence-corrected chi connectivity index (χ3v) is 2.32. The van der Waals surface area contributed by atoms with E-state index >= 15 is 0 Å². The Bertz CT molecular complexity index is 392. The van der Waals surface area contributed by atoms with Gasteiger partial charge < -0.3 is 10.1 Å². The summed E-state index contributed by atoms with van der Waals surface area (Å²) < 4.78 is 5.20. The van der Waals surface area contributed by atoms with Crippen molar-refractivity contribution in [2.75, 3.05) is 29.9 Å². The number of carbonyl (C=O) groups excluding carboxylic acids is 1. The maximum Gasteiger partial charge on any atom is 0.265 e. The van der Waals surface area contributed by atoms with Crippen LogP contribution in [-0.4, -0.2) is 35.6 Å². The third kappa shape index (κ3) is 0.876. The fraction of sp³-hybridized carbons (Fsp3) is 0.375. The SMILES string of the molecule is O=C1COc2ncnc3c2N1CCN3. The molecule has 6 heteroatoms. The van der Waals surface area contributed by atoms with Gasteiger partial charge in [-0.3, -0.25) is 9.69 Å². The topological polar surface area (TPSA) is 67.3 Å². The second-order valence-corrected chi connectivity index (χ2v) is 3.14. The average Bonchev–Trinajstić information content (AvgIpc) is 2.24. The second kappa shape index (κ2) is 2.57. The molecule has 0 fully saturated rings. The molecular weight excluding hydrogens is 184 g/mol. The molecule has 2 aliphatic heterocycles. The summed E-state index contributed by atoms with van der Waals surface area (Å²) in [6.07, 6.45) is 1.43. The normalized spacial score (nSPS) is 18.3. The van der Waals surface area contributed by atoms with Crippen LogP contribution in [0, 0.1) is 0 Å². The van der Waals surface area contributed by atoms with Crippen LogP contribution in [-0.2, 0) is 4.79 Å². The van der Waals surface area contributed by atoms with E-state index in [-0.39, 0.29) is 12.5 Å². The Hall–Kier alpha value is -1.85. The molecule has 1 amide bonds. The molecule has 0 radical (unpaired) electrons. The van der Waals surface area contributed by atoms with E-state index in [4.69, 9.17) is 4.74 Å². The van der Waals surface area contributed by atoms with E-state index in [2.05, 4.69) is 15.3 Å². The average molecular weight is 192 g/mol. The van der Waals surface area contributed by atoms with Crippen molar-refractivity contribution in [2.24, 2.45) is 0 Å². The van der Waals surface area contributed by atoms with Crippen LogP contribution in [0.4, 0.5) is 11.5 Å². The minimum Gasteiger partial charge on any atom is -0.466 e. The van der Waals surface area contributed by atoms with Gasteiger partial charge in [0.25, 0.3) is 5.91 Å². The first kappa shape index (κ1) is 7.54. The van der Waals surface area contributed by atoms with Crippen molar-refractivity contribution in [1.82, 2.24) is 9.97 Å². The molecule has 0 saturated carbocycles. The van der Waals surface area contributed by atoms with Gasteiger partial charge in [-0.25, -0.2) is 4.98 Å². The van der Waals surface area contributed by atoms with Crippen LogP contribution in [0.5, 0.6) is 5.88 Å². The number of aromatic nitrogens is 2. The van der Waals surface area contributed by atoms with Gasteiger partial charge in [0.15, 0.2) is 12.4 Å². The zero-order valence-corrected chi connectivity index (χ0v) is 7.36. The quantitative estimate of drug-likeness (QED) is 0.607. The molecule has 0 aliphatic carbocycles. The highest BCUT2D eigenvalue weighted by atomic mass is 16.5. The van der Waals surface area contributed by atoms with Gasteiger partial charge in [0.05, 0.1) is 0 Å². The van der Waals surface area contributed by atoms with E-state index in [1.807, 2.05) is 0 Å². The largest absolute Gasteiger partial charge is 0.466 e. The molecule has 2 aliphatic rings. The summed E-state index contributed by atoms with van der Waals surface area (Å²) in [6.45, 7) is 1.44. The Morgan fingerprint density at radius 3 is 3.36 bits per heavy atom. The highest BCUT2D eigenvalue weighted by molar-refractivity contribution is 6.01. The number of amides is 1. The van der Waals surface area contributed by atoms with E-state index in [1.54, 1.807) is 4.90 Å². The fourth-order valence-electron chi connectivity index (χ4n) is 1.70. The maximum atomic E-state index is 11.5. The van der Waals surface area contributed by atoms with Crippen LogP contribution in [0.3, 0.4) is 0 Å². The summed E-state index contributed by atoms with van der Waals surface area (Å²) in [5, 5.41) is 3.10. The summed E-state index contributed by atoms with van der Waals surface area (Å²) >= 11 is 0. The zero-order valence-electron chi connectivity index (χ0n) is 7.36. The lowest BCUT2D eigenvalue weighted by atomic mass is 10.2.